The van der Waals surface area contributed by atoms with Crippen LogP contribution < -0.4 is 5.32 Å². The van der Waals surface area contributed by atoms with Crippen molar-refractivity contribution in [2.24, 2.45) is 0 Å². The summed E-state index contributed by atoms with van der Waals surface area (Å²) in [4.78, 5) is 42.4. The predicted molar refractivity (Wildman–Crippen MR) is 114 cm³/mol. The summed E-state index contributed by atoms with van der Waals surface area (Å²) < 4.78 is 5.52. The van der Waals surface area contributed by atoms with Gasteiger partial charge in [-0.15, -0.1) is 0 Å². The molecule has 3 aromatic rings. The van der Waals surface area contributed by atoms with Crippen LogP contribution in [0, 0.1) is 6.92 Å². The highest BCUT2D eigenvalue weighted by Gasteiger charge is 2.34. The number of oxazole rings is 1. The van der Waals surface area contributed by atoms with Crippen LogP contribution >= 0.6 is 0 Å². The number of benzene rings is 2. The molecule has 1 N–H and O–H groups in total. The lowest BCUT2D eigenvalue weighted by Crippen LogP contribution is -2.32. The molecule has 0 unspecified atom stereocenters. The summed E-state index contributed by atoms with van der Waals surface area (Å²) in [5.41, 5.74) is 3.70. The number of nitrogens with zero attached hydrogens (tertiary/aromatic N) is 2. The second-order valence-corrected chi connectivity index (χ2v) is 7.52. The highest BCUT2D eigenvalue weighted by molar-refractivity contribution is 6.21. The molecule has 7 heteroatoms. The van der Waals surface area contributed by atoms with E-state index in [4.69, 9.17) is 4.42 Å². The van der Waals surface area contributed by atoms with Gasteiger partial charge >= 0.3 is 0 Å². The van der Waals surface area contributed by atoms with Crippen molar-refractivity contribution in [3.05, 3.63) is 77.2 Å². The van der Waals surface area contributed by atoms with Gasteiger partial charge in [0.15, 0.2) is 0 Å². The molecule has 0 saturated heterocycles. The monoisotopic (exact) mass is 417 g/mol. The number of carbonyl (C=O) groups excluding carboxylic acids is 3. The van der Waals surface area contributed by atoms with Gasteiger partial charge in [0.1, 0.15) is 6.26 Å². The van der Waals surface area contributed by atoms with Crippen molar-refractivity contribution in [1.29, 1.82) is 0 Å². The number of amides is 3. The molecule has 0 fully saturated rings. The van der Waals surface area contributed by atoms with E-state index in [2.05, 4.69) is 10.3 Å². The van der Waals surface area contributed by atoms with Crippen molar-refractivity contribution in [2.75, 3.05) is 13.1 Å². The normalized spacial score (nSPS) is 12.9. The summed E-state index contributed by atoms with van der Waals surface area (Å²) in [7, 11) is 0. The molecule has 1 aromatic heterocycles. The SMILES string of the molecule is Cc1ccc(-c2nc(CCNC(=O)CCCN3C(=O)c4ccccc4C3=O)co2)cc1. The van der Waals surface area contributed by atoms with Gasteiger partial charge in [0.25, 0.3) is 11.8 Å². The number of nitrogens with one attached hydrogen (secondary N) is 1. The average molecular weight is 417 g/mol. The highest BCUT2D eigenvalue weighted by atomic mass is 16.3. The molecule has 1 aliphatic heterocycles. The van der Waals surface area contributed by atoms with E-state index in [1.807, 2.05) is 31.2 Å². The van der Waals surface area contributed by atoms with Crippen LogP contribution in [0.25, 0.3) is 11.5 Å². The zero-order chi connectivity index (χ0) is 21.8. The van der Waals surface area contributed by atoms with E-state index in [1.54, 1.807) is 30.5 Å². The Bertz CT molecular complexity index is 1080. The van der Waals surface area contributed by atoms with Gasteiger partial charge in [-0.05, 0) is 37.6 Å². The first-order valence-electron chi connectivity index (χ1n) is 10.3. The van der Waals surface area contributed by atoms with Gasteiger partial charge in [-0.3, -0.25) is 19.3 Å². The Morgan fingerprint density at radius 2 is 1.71 bits per heavy atom. The molecule has 0 aliphatic carbocycles. The quantitative estimate of drug-likeness (QED) is 0.567. The topological polar surface area (TPSA) is 92.5 Å². The number of hydrogen-bond acceptors (Lipinski definition) is 5. The molecule has 4 rings (SSSR count). The second-order valence-electron chi connectivity index (χ2n) is 7.52. The third-order valence-electron chi connectivity index (χ3n) is 5.22. The molecule has 7 nitrogen and oxygen atoms in total. The van der Waals surface area contributed by atoms with Gasteiger partial charge < -0.3 is 9.73 Å². The van der Waals surface area contributed by atoms with Gasteiger partial charge in [-0.2, -0.15) is 0 Å². The van der Waals surface area contributed by atoms with Crippen LogP contribution in [-0.4, -0.2) is 40.7 Å². The van der Waals surface area contributed by atoms with Crippen LogP contribution in [0.3, 0.4) is 0 Å². The van der Waals surface area contributed by atoms with E-state index < -0.39 is 0 Å². The number of imide groups is 1. The van der Waals surface area contributed by atoms with Crippen LogP contribution in [0.1, 0.15) is 44.8 Å². The summed E-state index contributed by atoms with van der Waals surface area (Å²) in [6, 6.07) is 14.7. The Morgan fingerprint density at radius 3 is 2.39 bits per heavy atom. The lowest BCUT2D eigenvalue weighted by atomic mass is 10.1. The Morgan fingerprint density at radius 1 is 1.03 bits per heavy atom. The van der Waals surface area contributed by atoms with E-state index in [-0.39, 0.29) is 30.7 Å². The summed E-state index contributed by atoms with van der Waals surface area (Å²) in [6.07, 6.45) is 2.81. The number of aromatic nitrogens is 1. The molecule has 2 heterocycles. The van der Waals surface area contributed by atoms with E-state index >= 15 is 0 Å². The zero-order valence-corrected chi connectivity index (χ0v) is 17.3. The largest absolute Gasteiger partial charge is 0.444 e. The Balaban J connectivity index is 1.19. The summed E-state index contributed by atoms with van der Waals surface area (Å²) in [6.45, 7) is 2.68. The number of fused-ring (bicyclic) bond motifs is 1. The number of carbonyl (C=O) groups is 3. The summed E-state index contributed by atoms with van der Waals surface area (Å²) in [5, 5.41) is 2.84. The van der Waals surface area contributed by atoms with Crippen molar-refractivity contribution in [3.63, 3.8) is 0 Å². The molecule has 158 valence electrons. The molecular formula is C24H23N3O4. The van der Waals surface area contributed by atoms with E-state index in [1.165, 1.54) is 10.5 Å². The molecular weight excluding hydrogens is 394 g/mol. The Hall–Kier alpha value is -3.74. The van der Waals surface area contributed by atoms with Crippen LogP contribution in [0.5, 0.6) is 0 Å². The van der Waals surface area contributed by atoms with Gasteiger partial charge in [-0.25, -0.2) is 4.98 Å². The minimum atomic E-state index is -0.295. The molecule has 3 amide bonds. The maximum atomic E-state index is 12.3. The lowest BCUT2D eigenvalue weighted by Gasteiger charge is -2.13. The first-order chi connectivity index (χ1) is 15.0. The number of hydrogen-bond donors (Lipinski definition) is 1. The van der Waals surface area contributed by atoms with Crippen molar-refractivity contribution in [2.45, 2.75) is 26.2 Å². The molecule has 0 saturated carbocycles. The minimum Gasteiger partial charge on any atom is -0.444 e. The highest BCUT2D eigenvalue weighted by Crippen LogP contribution is 2.22. The third kappa shape index (κ3) is 4.55. The lowest BCUT2D eigenvalue weighted by molar-refractivity contribution is -0.121. The second kappa shape index (κ2) is 8.95. The number of rotatable bonds is 8. The van der Waals surface area contributed by atoms with E-state index in [0.717, 1.165) is 11.3 Å². The molecule has 2 aromatic carbocycles. The van der Waals surface area contributed by atoms with Crippen molar-refractivity contribution >= 4 is 17.7 Å². The Kier molecular flexibility index (Phi) is 5.93. The average Bonchev–Trinajstić information content (AvgIpc) is 3.33. The van der Waals surface area contributed by atoms with Gasteiger partial charge in [0, 0.05) is 31.5 Å². The first-order valence-corrected chi connectivity index (χ1v) is 10.3. The summed E-state index contributed by atoms with van der Waals surface area (Å²) in [5.74, 6) is -0.158. The van der Waals surface area contributed by atoms with E-state index in [0.29, 0.717) is 36.4 Å². The number of aryl methyl sites for hydroxylation is 1. The molecule has 0 bridgehead atoms. The van der Waals surface area contributed by atoms with Crippen LogP contribution in [0.2, 0.25) is 0 Å². The van der Waals surface area contributed by atoms with Crippen LogP contribution in [0.15, 0.2) is 59.2 Å². The fourth-order valence-corrected chi connectivity index (χ4v) is 3.51. The molecule has 0 radical (unpaired) electrons. The van der Waals surface area contributed by atoms with Crippen molar-refractivity contribution in [3.8, 4) is 11.5 Å². The Labute approximate surface area is 180 Å². The first kappa shape index (κ1) is 20.5. The van der Waals surface area contributed by atoms with Gasteiger partial charge in [0.2, 0.25) is 11.8 Å². The molecule has 0 atom stereocenters. The standard InChI is InChI=1S/C24H23N3O4/c1-16-8-10-17(11-9-16)22-26-18(15-31-22)12-13-25-21(28)7-4-14-27-23(29)19-5-2-3-6-20(19)24(27)30/h2-3,5-6,8-11,15H,4,7,12-14H2,1H3,(H,25,28). The molecule has 31 heavy (non-hydrogen) atoms. The van der Waals surface area contributed by atoms with Crippen LogP contribution in [-0.2, 0) is 11.2 Å². The van der Waals surface area contributed by atoms with Crippen molar-refractivity contribution in [1.82, 2.24) is 15.2 Å². The van der Waals surface area contributed by atoms with Crippen molar-refractivity contribution < 1.29 is 18.8 Å². The maximum Gasteiger partial charge on any atom is 0.261 e. The van der Waals surface area contributed by atoms with Crippen LogP contribution in [0.4, 0.5) is 0 Å². The van der Waals surface area contributed by atoms with Gasteiger partial charge in [-0.1, -0.05) is 29.8 Å². The van der Waals surface area contributed by atoms with E-state index in [9.17, 15) is 14.4 Å². The minimum absolute atomic E-state index is 0.126. The molecule has 0 spiro atoms. The predicted octanol–water partition coefficient (Wildman–Crippen LogP) is 3.39. The maximum absolute atomic E-state index is 12.3. The van der Waals surface area contributed by atoms with Gasteiger partial charge in [0.05, 0.1) is 16.8 Å². The fourth-order valence-electron chi connectivity index (χ4n) is 3.51. The smallest absolute Gasteiger partial charge is 0.261 e. The summed E-state index contributed by atoms with van der Waals surface area (Å²) >= 11 is 0. The molecule has 1 aliphatic rings. The third-order valence-corrected chi connectivity index (χ3v) is 5.22. The fraction of sp³-hybridized carbons (Fsp3) is 0.250. The zero-order valence-electron chi connectivity index (χ0n) is 17.3.